The van der Waals surface area contributed by atoms with Gasteiger partial charge in [0.2, 0.25) is 0 Å². The van der Waals surface area contributed by atoms with E-state index in [0.717, 1.165) is 38.3 Å². The van der Waals surface area contributed by atoms with Crippen LogP contribution in [0.15, 0.2) is 18.2 Å². The van der Waals surface area contributed by atoms with E-state index < -0.39 is 0 Å². The highest BCUT2D eigenvalue weighted by molar-refractivity contribution is 5.85. The Morgan fingerprint density at radius 1 is 1.11 bits per heavy atom. The van der Waals surface area contributed by atoms with E-state index in [1.807, 2.05) is 39.0 Å². The molecule has 1 rings (SSSR count). The van der Waals surface area contributed by atoms with Gasteiger partial charge in [0.05, 0.1) is 7.11 Å². The first-order valence-corrected chi connectivity index (χ1v) is 9.32. The van der Waals surface area contributed by atoms with Gasteiger partial charge in [0.15, 0.2) is 18.1 Å². The minimum atomic E-state index is -0.273. The predicted molar refractivity (Wildman–Crippen MR) is 120 cm³/mol. The minimum absolute atomic E-state index is 0. The van der Waals surface area contributed by atoms with Crippen LogP contribution >= 0.6 is 24.8 Å². The number of nitrogens with zero attached hydrogens (tertiary/aromatic N) is 1. The third kappa shape index (κ3) is 11.6. The number of ether oxygens (including phenoxy) is 2. The number of carbonyl (C=O) groups excluding carboxylic acids is 1. The summed E-state index contributed by atoms with van der Waals surface area (Å²) in [7, 11) is 1.61. The van der Waals surface area contributed by atoms with E-state index in [1.54, 1.807) is 7.11 Å². The number of carbonyl (C=O) groups is 1. The summed E-state index contributed by atoms with van der Waals surface area (Å²) in [4.78, 5) is 14.3. The van der Waals surface area contributed by atoms with E-state index in [-0.39, 0.29) is 42.9 Å². The smallest absolute Gasteiger partial charge is 0.258 e. The van der Waals surface area contributed by atoms with Crippen molar-refractivity contribution in [1.29, 1.82) is 0 Å². The van der Waals surface area contributed by atoms with Crippen LogP contribution in [0, 0.1) is 0 Å². The Hall–Kier alpha value is -1.21. The van der Waals surface area contributed by atoms with Gasteiger partial charge < -0.3 is 25.0 Å². The van der Waals surface area contributed by atoms with Crippen LogP contribution in [0.3, 0.4) is 0 Å². The molecule has 0 atom stereocenters. The Morgan fingerprint density at radius 3 is 2.29 bits per heavy atom. The molecule has 2 N–H and O–H groups in total. The summed E-state index contributed by atoms with van der Waals surface area (Å²) >= 11 is 0. The zero-order valence-corrected chi connectivity index (χ0v) is 19.6. The normalized spacial score (nSPS) is 10.7. The van der Waals surface area contributed by atoms with Crippen molar-refractivity contribution < 1.29 is 14.3 Å². The molecule has 0 aromatic heterocycles. The molecule has 6 nitrogen and oxygen atoms in total. The summed E-state index contributed by atoms with van der Waals surface area (Å²) in [6, 6.07) is 5.79. The summed E-state index contributed by atoms with van der Waals surface area (Å²) in [5, 5.41) is 6.32. The van der Waals surface area contributed by atoms with Gasteiger partial charge in [0, 0.05) is 25.2 Å². The number of likely N-dealkylation sites (N-methyl/N-ethyl adjacent to an activating group) is 1. The van der Waals surface area contributed by atoms with E-state index in [2.05, 4.69) is 29.4 Å². The largest absolute Gasteiger partial charge is 0.493 e. The van der Waals surface area contributed by atoms with Crippen molar-refractivity contribution in [3.63, 3.8) is 0 Å². The molecule has 28 heavy (non-hydrogen) atoms. The Morgan fingerprint density at radius 2 is 1.75 bits per heavy atom. The van der Waals surface area contributed by atoms with Crippen LogP contribution in [-0.4, -0.2) is 56.2 Å². The van der Waals surface area contributed by atoms with Gasteiger partial charge in [-0.15, -0.1) is 24.8 Å². The minimum Gasteiger partial charge on any atom is -0.493 e. The molecule has 0 bridgehead atoms. The third-order valence-electron chi connectivity index (χ3n) is 3.93. The van der Waals surface area contributed by atoms with Gasteiger partial charge in [-0.1, -0.05) is 19.9 Å². The zero-order valence-electron chi connectivity index (χ0n) is 18.0. The van der Waals surface area contributed by atoms with Crippen LogP contribution in [0.1, 0.15) is 40.2 Å². The van der Waals surface area contributed by atoms with Gasteiger partial charge in [-0.05, 0) is 51.6 Å². The Balaban J connectivity index is 0. The molecule has 1 aromatic carbocycles. The third-order valence-corrected chi connectivity index (χ3v) is 3.93. The highest BCUT2D eigenvalue weighted by Crippen LogP contribution is 2.28. The maximum atomic E-state index is 11.9. The Bertz CT molecular complexity index is 562. The van der Waals surface area contributed by atoms with E-state index >= 15 is 0 Å². The number of hydrogen-bond donors (Lipinski definition) is 2. The van der Waals surface area contributed by atoms with Crippen molar-refractivity contribution >= 4 is 30.7 Å². The lowest BCUT2D eigenvalue weighted by molar-refractivity contribution is -0.124. The van der Waals surface area contributed by atoms with Crippen molar-refractivity contribution in [3.8, 4) is 11.5 Å². The van der Waals surface area contributed by atoms with Crippen LogP contribution in [0.25, 0.3) is 0 Å². The number of halogens is 2. The zero-order chi connectivity index (χ0) is 19.6. The lowest BCUT2D eigenvalue weighted by atomic mass is 10.1. The standard InChI is InChI=1S/C20H35N3O3.2ClH/c1-7-23(8-2)12-11-21-14-16-9-10-17(18(13-16)25-6)26-15-19(24)22-20(3,4)5;;/h9-10,13,21H,7-8,11-12,14-15H2,1-6H3,(H,22,24);2*1H. The molecule has 0 fully saturated rings. The van der Waals surface area contributed by atoms with Crippen LogP contribution in [-0.2, 0) is 11.3 Å². The first-order chi connectivity index (χ1) is 12.3. The van der Waals surface area contributed by atoms with Crippen molar-refractivity contribution in [2.75, 3.05) is 39.9 Å². The first kappa shape index (κ1) is 29.0. The topological polar surface area (TPSA) is 62.8 Å². The van der Waals surface area contributed by atoms with E-state index in [4.69, 9.17) is 9.47 Å². The molecule has 0 spiro atoms. The molecule has 1 aromatic rings. The van der Waals surface area contributed by atoms with Crippen molar-refractivity contribution in [3.05, 3.63) is 23.8 Å². The van der Waals surface area contributed by atoms with Crippen LogP contribution in [0.4, 0.5) is 0 Å². The lowest BCUT2D eigenvalue weighted by Crippen LogP contribution is -2.43. The van der Waals surface area contributed by atoms with Gasteiger partial charge in [-0.3, -0.25) is 4.79 Å². The quantitative estimate of drug-likeness (QED) is 0.520. The Kier molecular flexibility index (Phi) is 15.3. The van der Waals surface area contributed by atoms with Crippen LogP contribution in [0.5, 0.6) is 11.5 Å². The molecule has 8 heteroatoms. The predicted octanol–water partition coefficient (Wildman–Crippen LogP) is 3.26. The second-order valence-corrected chi connectivity index (χ2v) is 7.28. The van der Waals surface area contributed by atoms with E-state index in [1.165, 1.54) is 0 Å². The number of amides is 1. The molecule has 0 saturated carbocycles. The molecular formula is C20H37Cl2N3O3. The number of benzene rings is 1. The van der Waals surface area contributed by atoms with Gasteiger partial charge >= 0.3 is 0 Å². The molecule has 0 aliphatic heterocycles. The highest BCUT2D eigenvalue weighted by Gasteiger charge is 2.15. The van der Waals surface area contributed by atoms with Crippen molar-refractivity contribution in [2.24, 2.45) is 0 Å². The average molecular weight is 438 g/mol. The molecule has 0 saturated heterocycles. The molecular weight excluding hydrogens is 401 g/mol. The average Bonchev–Trinajstić information content (AvgIpc) is 2.59. The summed E-state index contributed by atoms with van der Waals surface area (Å²) < 4.78 is 11.0. The van der Waals surface area contributed by atoms with Gasteiger partial charge in [-0.25, -0.2) is 0 Å². The van der Waals surface area contributed by atoms with Gasteiger partial charge in [0.25, 0.3) is 5.91 Å². The van der Waals surface area contributed by atoms with E-state index in [0.29, 0.717) is 11.5 Å². The highest BCUT2D eigenvalue weighted by atomic mass is 35.5. The van der Waals surface area contributed by atoms with Crippen LogP contribution in [0.2, 0.25) is 0 Å². The van der Waals surface area contributed by atoms with E-state index in [9.17, 15) is 4.79 Å². The monoisotopic (exact) mass is 437 g/mol. The number of hydrogen-bond acceptors (Lipinski definition) is 5. The van der Waals surface area contributed by atoms with Gasteiger partial charge in [0.1, 0.15) is 0 Å². The van der Waals surface area contributed by atoms with Crippen molar-refractivity contribution in [1.82, 2.24) is 15.5 Å². The number of rotatable bonds is 11. The molecule has 164 valence electrons. The number of nitrogens with one attached hydrogen (secondary N) is 2. The second-order valence-electron chi connectivity index (χ2n) is 7.28. The van der Waals surface area contributed by atoms with Crippen molar-refractivity contribution in [2.45, 2.75) is 46.7 Å². The summed E-state index contributed by atoms with van der Waals surface area (Å²) in [5.41, 5.74) is 0.846. The number of methoxy groups -OCH3 is 1. The van der Waals surface area contributed by atoms with Gasteiger partial charge in [-0.2, -0.15) is 0 Å². The fourth-order valence-corrected chi connectivity index (χ4v) is 2.55. The SMILES string of the molecule is CCN(CC)CCNCc1ccc(OCC(=O)NC(C)(C)C)c(OC)c1.Cl.Cl. The lowest BCUT2D eigenvalue weighted by Gasteiger charge is -2.21. The maximum Gasteiger partial charge on any atom is 0.258 e. The summed E-state index contributed by atoms with van der Waals surface area (Å²) in [6.45, 7) is 15.0. The second kappa shape index (κ2) is 14.7. The molecule has 0 aliphatic carbocycles. The Labute approximate surface area is 182 Å². The fourth-order valence-electron chi connectivity index (χ4n) is 2.55. The van der Waals surface area contributed by atoms with Crippen LogP contribution < -0.4 is 20.1 Å². The maximum absolute atomic E-state index is 11.9. The summed E-state index contributed by atoms with van der Waals surface area (Å²) in [6.07, 6.45) is 0. The molecule has 0 heterocycles. The first-order valence-electron chi connectivity index (χ1n) is 9.32. The molecule has 0 radical (unpaired) electrons. The molecule has 0 aliphatic rings. The summed E-state index contributed by atoms with van der Waals surface area (Å²) in [5.74, 6) is 1.06. The molecule has 0 unspecified atom stereocenters. The molecule has 1 amide bonds. The fraction of sp³-hybridized carbons (Fsp3) is 0.650.